The van der Waals surface area contributed by atoms with Gasteiger partial charge in [-0.05, 0) is 49.1 Å². The molecule has 1 aromatic heterocycles. The van der Waals surface area contributed by atoms with Gasteiger partial charge >= 0.3 is 0 Å². The standard InChI is InChI=1S/C30H43N3O3/c1-4-5-6-7-8-14-21-33-26-16-12-11-15-25(26)32-29(33)17-10-9-13-20-31-30(34)23-24-18-19-27(35-2)28(22-24)36-3/h11-12,15-16,18-19,22H,4-10,13-14,17,20-21,23H2,1-3H3,(H,31,34). The zero-order valence-corrected chi connectivity index (χ0v) is 22.4. The van der Waals surface area contributed by atoms with E-state index in [1.165, 1.54) is 49.9 Å². The fourth-order valence-corrected chi connectivity index (χ4v) is 4.67. The Morgan fingerprint density at radius 1 is 0.889 bits per heavy atom. The molecule has 0 unspecified atom stereocenters. The molecule has 0 saturated heterocycles. The number of hydrogen-bond acceptors (Lipinski definition) is 4. The molecule has 0 aliphatic carbocycles. The lowest BCUT2D eigenvalue weighted by atomic mass is 10.1. The number of aryl methyl sites for hydroxylation is 2. The summed E-state index contributed by atoms with van der Waals surface area (Å²) in [5.74, 6) is 2.54. The molecule has 3 aromatic rings. The number of aromatic nitrogens is 2. The van der Waals surface area contributed by atoms with Crippen LogP contribution in [0.3, 0.4) is 0 Å². The molecule has 0 fully saturated rings. The molecular weight excluding hydrogens is 450 g/mol. The average Bonchev–Trinajstić information content (AvgIpc) is 3.25. The number of unbranched alkanes of at least 4 members (excludes halogenated alkanes) is 7. The minimum atomic E-state index is 0.0305. The van der Waals surface area contributed by atoms with Gasteiger partial charge in [0, 0.05) is 19.5 Å². The van der Waals surface area contributed by atoms with Crippen LogP contribution in [0, 0.1) is 0 Å². The third-order valence-corrected chi connectivity index (χ3v) is 6.68. The molecule has 3 rings (SSSR count). The molecule has 0 radical (unpaired) electrons. The summed E-state index contributed by atoms with van der Waals surface area (Å²) in [5, 5.41) is 3.05. The van der Waals surface area contributed by atoms with Crippen LogP contribution >= 0.6 is 0 Å². The van der Waals surface area contributed by atoms with Gasteiger partial charge in [-0.2, -0.15) is 0 Å². The summed E-state index contributed by atoms with van der Waals surface area (Å²) in [6, 6.07) is 14.1. The number of methoxy groups -OCH3 is 2. The van der Waals surface area contributed by atoms with Crippen molar-refractivity contribution in [1.82, 2.24) is 14.9 Å². The smallest absolute Gasteiger partial charge is 0.224 e. The van der Waals surface area contributed by atoms with Gasteiger partial charge in [0.25, 0.3) is 0 Å². The van der Waals surface area contributed by atoms with Gasteiger partial charge < -0.3 is 19.4 Å². The summed E-state index contributed by atoms with van der Waals surface area (Å²) in [7, 11) is 3.21. The predicted molar refractivity (Wildman–Crippen MR) is 147 cm³/mol. The highest BCUT2D eigenvalue weighted by molar-refractivity contribution is 5.78. The first-order valence-corrected chi connectivity index (χ1v) is 13.6. The third-order valence-electron chi connectivity index (χ3n) is 6.68. The minimum Gasteiger partial charge on any atom is -0.493 e. The van der Waals surface area contributed by atoms with Gasteiger partial charge in [0.15, 0.2) is 11.5 Å². The Hall–Kier alpha value is -3.02. The first-order valence-electron chi connectivity index (χ1n) is 13.6. The highest BCUT2D eigenvalue weighted by Gasteiger charge is 2.11. The molecule has 0 atom stereocenters. The molecule has 6 heteroatoms. The largest absolute Gasteiger partial charge is 0.493 e. The Balaban J connectivity index is 1.40. The van der Waals surface area contributed by atoms with Crippen LogP contribution in [0.1, 0.15) is 76.1 Å². The van der Waals surface area contributed by atoms with Crippen LogP contribution in [0.25, 0.3) is 11.0 Å². The summed E-state index contributed by atoms with van der Waals surface area (Å²) in [5.41, 5.74) is 3.26. The number of nitrogens with zero attached hydrogens (tertiary/aromatic N) is 2. The van der Waals surface area contributed by atoms with Crippen LogP contribution in [0.2, 0.25) is 0 Å². The van der Waals surface area contributed by atoms with Crippen molar-refractivity contribution in [1.29, 1.82) is 0 Å². The summed E-state index contributed by atoms with van der Waals surface area (Å²) in [6.07, 6.45) is 12.2. The molecule has 0 bridgehead atoms. The van der Waals surface area contributed by atoms with E-state index in [-0.39, 0.29) is 5.91 Å². The maximum absolute atomic E-state index is 12.4. The molecule has 1 amide bonds. The van der Waals surface area contributed by atoms with Crippen molar-refractivity contribution in [2.75, 3.05) is 20.8 Å². The second-order valence-corrected chi connectivity index (χ2v) is 9.46. The van der Waals surface area contributed by atoms with Gasteiger partial charge in [0.05, 0.1) is 31.7 Å². The van der Waals surface area contributed by atoms with E-state index < -0.39 is 0 Å². The van der Waals surface area contributed by atoms with Crippen molar-refractivity contribution >= 4 is 16.9 Å². The normalized spacial score (nSPS) is 11.1. The number of ether oxygens (including phenoxy) is 2. The van der Waals surface area contributed by atoms with E-state index in [0.717, 1.165) is 43.3 Å². The maximum atomic E-state index is 12.4. The van der Waals surface area contributed by atoms with Crippen molar-refractivity contribution in [3.05, 3.63) is 53.9 Å². The summed E-state index contributed by atoms with van der Waals surface area (Å²) >= 11 is 0. The highest BCUT2D eigenvalue weighted by Crippen LogP contribution is 2.27. The van der Waals surface area contributed by atoms with E-state index in [2.05, 4.69) is 41.1 Å². The molecular formula is C30H43N3O3. The van der Waals surface area contributed by atoms with Gasteiger partial charge in [-0.1, -0.05) is 63.6 Å². The zero-order valence-electron chi connectivity index (χ0n) is 22.4. The number of amides is 1. The number of benzene rings is 2. The number of fused-ring (bicyclic) bond motifs is 1. The van der Waals surface area contributed by atoms with E-state index >= 15 is 0 Å². The fraction of sp³-hybridized carbons (Fsp3) is 0.533. The second kappa shape index (κ2) is 15.2. The predicted octanol–water partition coefficient (Wildman–Crippen LogP) is 6.49. The number of carbonyl (C=O) groups excluding carboxylic acids is 1. The molecule has 0 aliphatic heterocycles. The molecule has 196 valence electrons. The van der Waals surface area contributed by atoms with E-state index in [0.29, 0.717) is 24.5 Å². The fourth-order valence-electron chi connectivity index (χ4n) is 4.67. The quantitative estimate of drug-likeness (QED) is 0.218. The minimum absolute atomic E-state index is 0.0305. The molecule has 36 heavy (non-hydrogen) atoms. The third kappa shape index (κ3) is 8.28. The lowest BCUT2D eigenvalue weighted by Crippen LogP contribution is -2.26. The van der Waals surface area contributed by atoms with Crippen LogP contribution in [-0.2, 0) is 24.2 Å². The van der Waals surface area contributed by atoms with E-state index in [1.807, 2.05) is 18.2 Å². The molecule has 0 saturated carbocycles. The molecule has 1 N–H and O–H groups in total. The maximum Gasteiger partial charge on any atom is 0.224 e. The highest BCUT2D eigenvalue weighted by atomic mass is 16.5. The topological polar surface area (TPSA) is 65.4 Å². The molecule has 0 spiro atoms. The van der Waals surface area contributed by atoms with Crippen LogP contribution in [-0.4, -0.2) is 36.2 Å². The van der Waals surface area contributed by atoms with Crippen LogP contribution in [0.15, 0.2) is 42.5 Å². The number of hydrogen-bond donors (Lipinski definition) is 1. The summed E-state index contributed by atoms with van der Waals surface area (Å²) < 4.78 is 13.0. The van der Waals surface area contributed by atoms with Gasteiger partial charge in [-0.3, -0.25) is 4.79 Å². The lowest BCUT2D eigenvalue weighted by Gasteiger charge is -2.10. The SMILES string of the molecule is CCCCCCCCn1c(CCCCCNC(=O)Cc2ccc(OC)c(OC)c2)nc2ccccc21. The molecule has 0 aliphatic rings. The number of para-hydroxylation sites is 2. The van der Waals surface area contributed by atoms with Crippen molar-refractivity contribution < 1.29 is 14.3 Å². The van der Waals surface area contributed by atoms with Gasteiger partial charge in [0.2, 0.25) is 5.91 Å². The number of imidazole rings is 1. The van der Waals surface area contributed by atoms with Crippen LogP contribution in [0.4, 0.5) is 0 Å². The first kappa shape index (κ1) is 27.6. The Labute approximate surface area is 216 Å². The van der Waals surface area contributed by atoms with E-state index in [9.17, 15) is 4.79 Å². The molecule has 1 heterocycles. The Kier molecular flexibility index (Phi) is 11.6. The number of carbonyl (C=O) groups is 1. The Morgan fingerprint density at radius 2 is 1.64 bits per heavy atom. The van der Waals surface area contributed by atoms with Crippen LogP contribution in [0.5, 0.6) is 11.5 Å². The van der Waals surface area contributed by atoms with E-state index in [4.69, 9.17) is 14.5 Å². The van der Waals surface area contributed by atoms with E-state index in [1.54, 1.807) is 14.2 Å². The molecule has 2 aromatic carbocycles. The zero-order chi connectivity index (χ0) is 25.6. The first-order chi connectivity index (χ1) is 17.7. The number of nitrogens with one attached hydrogen (secondary N) is 1. The average molecular weight is 494 g/mol. The monoisotopic (exact) mass is 493 g/mol. The van der Waals surface area contributed by atoms with Crippen molar-refractivity contribution in [3.8, 4) is 11.5 Å². The van der Waals surface area contributed by atoms with Gasteiger partial charge in [-0.25, -0.2) is 4.98 Å². The van der Waals surface area contributed by atoms with Crippen LogP contribution < -0.4 is 14.8 Å². The Morgan fingerprint density at radius 3 is 2.44 bits per heavy atom. The van der Waals surface area contributed by atoms with Crippen molar-refractivity contribution in [2.45, 2.75) is 84.1 Å². The molecule has 6 nitrogen and oxygen atoms in total. The van der Waals surface area contributed by atoms with Crippen molar-refractivity contribution in [3.63, 3.8) is 0 Å². The Bertz CT molecular complexity index is 1080. The van der Waals surface area contributed by atoms with Crippen molar-refractivity contribution in [2.24, 2.45) is 0 Å². The van der Waals surface area contributed by atoms with Gasteiger partial charge in [-0.15, -0.1) is 0 Å². The summed E-state index contributed by atoms with van der Waals surface area (Å²) in [4.78, 5) is 17.3. The number of rotatable bonds is 17. The summed E-state index contributed by atoms with van der Waals surface area (Å²) in [6.45, 7) is 4.01. The van der Waals surface area contributed by atoms with Gasteiger partial charge in [0.1, 0.15) is 5.82 Å². The second-order valence-electron chi connectivity index (χ2n) is 9.46. The lowest BCUT2D eigenvalue weighted by molar-refractivity contribution is -0.120.